The first-order chi connectivity index (χ1) is 14.7. The van der Waals surface area contributed by atoms with Crippen molar-refractivity contribution in [1.29, 1.82) is 0 Å². The van der Waals surface area contributed by atoms with Crippen LogP contribution in [0, 0.1) is 5.82 Å². The summed E-state index contributed by atoms with van der Waals surface area (Å²) in [6, 6.07) is 11.6. The summed E-state index contributed by atoms with van der Waals surface area (Å²) in [6.45, 7) is 4.46. The van der Waals surface area contributed by atoms with E-state index in [4.69, 9.17) is 4.42 Å². The molecule has 3 aromatic rings. The van der Waals surface area contributed by atoms with Crippen molar-refractivity contribution in [3.8, 4) is 0 Å². The Kier molecular flexibility index (Phi) is 5.88. The van der Waals surface area contributed by atoms with Crippen molar-refractivity contribution in [2.45, 2.75) is 45.2 Å². The van der Waals surface area contributed by atoms with Gasteiger partial charge in [0.25, 0.3) is 0 Å². The van der Waals surface area contributed by atoms with E-state index < -0.39 is 9.84 Å². The molecule has 1 saturated heterocycles. The zero-order valence-corrected chi connectivity index (χ0v) is 18.5. The lowest BCUT2D eigenvalue weighted by Crippen LogP contribution is -2.41. The van der Waals surface area contributed by atoms with Crippen LogP contribution in [0.1, 0.15) is 42.9 Å². The molecule has 0 radical (unpaired) electrons. The van der Waals surface area contributed by atoms with Crippen LogP contribution < -0.4 is 0 Å². The number of carbonyl (C=O) groups is 1. The molecular formula is C24H26FNO4S. The molecule has 1 amide bonds. The fraction of sp³-hybridized carbons (Fsp3) is 0.375. The van der Waals surface area contributed by atoms with Crippen LogP contribution in [0.5, 0.6) is 0 Å². The fourth-order valence-electron chi connectivity index (χ4n) is 4.09. The molecule has 2 aromatic carbocycles. The molecule has 1 fully saturated rings. The van der Waals surface area contributed by atoms with Crippen molar-refractivity contribution in [3.05, 3.63) is 71.2 Å². The molecule has 1 aliphatic heterocycles. The third-order valence-electron chi connectivity index (χ3n) is 5.92. The van der Waals surface area contributed by atoms with Crippen LogP contribution in [0.4, 0.5) is 4.39 Å². The van der Waals surface area contributed by atoms with E-state index in [2.05, 4.69) is 19.9 Å². The van der Waals surface area contributed by atoms with E-state index in [1.54, 1.807) is 23.3 Å². The Morgan fingerprint density at radius 1 is 1.19 bits per heavy atom. The lowest BCUT2D eigenvalue weighted by Gasteiger charge is -2.28. The molecule has 164 valence electrons. The minimum Gasteiger partial charge on any atom is -0.464 e. The summed E-state index contributed by atoms with van der Waals surface area (Å²) >= 11 is 0. The Morgan fingerprint density at radius 3 is 2.58 bits per heavy atom. The van der Waals surface area contributed by atoms with Gasteiger partial charge in [-0.05, 0) is 47.7 Å². The number of hydrogen-bond acceptors (Lipinski definition) is 4. The lowest BCUT2D eigenvalue weighted by atomic mass is 9.99. The summed E-state index contributed by atoms with van der Waals surface area (Å²) in [4.78, 5) is 15.0. The molecule has 0 bridgehead atoms. The van der Waals surface area contributed by atoms with Gasteiger partial charge in [0.05, 0.1) is 24.2 Å². The number of fused-ring (bicyclic) bond motifs is 1. The third kappa shape index (κ3) is 4.82. The Balaban J connectivity index is 1.62. The average Bonchev–Trinajstić information content (AvgIpc) is 3.29. The van der Waals surface area contributed by atoms with Crippen molar-refractivity contribution < 1.29 is 22.0 Å². The number of furan rings is 1. The molecule has 0 unspecified atom stereocenters. The van der Waals surface area contributed by atoms with Gasteiger partial charge in [-0.15, -0.1) is 0 Å². The Bertz CT molecular complexity index is 1200. The summed E-state index contributed by atoms with van der Waals surface area (Å²) < 4.78 is 43.1. The highest BCUT2D eigenvalue weighted by atomic mass is 32.2. The summed E-state index contributed by atoms with van der Waals surface area (Å²) in [5.41, 5.74) is 3.43. The second-order valence-electron chi connectivity index (χ2n) is 8.55. The quantitative estimate of drug-likeness (QED) is 0.564. The van der Waals surface area contributed by atoms with E-state index in [9.17, 15) is 17.6 Å². The number of rotatable bonds is 6. The number of hydrogen-bond donors (Lipinski definition) is 0. The standard InChI is InChI=1S/C24H26FNO4S/c1-16(2)18-5-8-23-22(11-18)19(14-30-23)12-24(27)26(21-9-10-31(28,29)15-21)13-17-3-6-20(25)7-4-17/h3-8,11,14,16,21H,9-10,12-13,15H2,1-2H3/t21-/m1/s1. The Hall–Kier alpha value is -2.67. The van der Waals surface area contributed by atoms with E-state index in [1.165, 1.54) is 12.1 Å². The van der Waals surface area contributed by atoms with Crippen molar-refractivity contribution in [3.63, 3.8) is 0 Å². The molecular weight excluding hydrogens is 417 g/mol. The van der Waals surface area contributed by atoms with Crippen molar-refractivity contribution in [2.24, 2.45) is 0 Å². The van der Waals surface area contributed by atoms with Crippen molar-refractivity contribution >= 4 is 26.7 Å². The first kappa shape index (κ1) is 21.6. The second kappa shape index (κ2) is 8.46. The first-order valence-corrected chi connectivity index (χ1v) is 12.3. The normalized spacial score (nSPS) is 18.0. The molecule has 0 aliphatic carbocycles. The molecule has 2 heterocycles. The highest BCUT2D eigenvalue weighted by Crippen LogP contribution is 2.28. The number of sulfone groups is 1. The van der Waals surface area contributed by atoms with Gasteiger partial charge in [0.1, 0.15) is 11.4 Å². The minimum atomic E-state index is -3.16. The molecule has 0 saturated carbocycles. The molecule has 1 aliphatic rings. The number of halogens is 1. The van der Waals surface area contributed by atoms with E-state index >= 15 is 0 Å². The van der Waals surface area contributed by atoms with Gasteiger partial charge in [-0.25, -0.2) is 12.8 Å². The maximum atomic E-state index is 13.4. The second-order valence-corrected chi connectivity index (χ2v) is 10.8. The molecule has 4 rings (SSSR count). The molecule has 0 N–H and O–H groups in total. The maximum Gasteiger partial charge on any atom is 0.227 e. The van der Waals surface area contributed by atoms with Gasteiger partial charge >= 0.3 is 0 Å². The first-order valence-electron chi connectivity index (χ1n) is 10.5. The molecule has 1 aromatic heterocycles. The smallest absolute Gasteiger partial charge is 0.227 e. The molecule has 31 heavy (non-hydrogen) atoms. The van der Waals surface area contributed by atoms with Gasteiger partial charge in [0.2, 0.25) is 5.91 Å². The Morgan fingerprint density at radius 2 is 1.94 bits per heavy atom. The van der Waals surface area contributed by atoms with Crippen LogP contribution in [-0.2, 0) is 27.6 Å². The van der Waals surface area contributed by atoms with Gasteiger partial charge in [-0.2, -0.15) is 0 Å². The van der Waals surface area contributed by atoms with E-state index in [0.29, 0.717) is 12.3 Å². The monoisotopic (exact) mass is 443 g/mol. The zero-order chi connectivity index (χ0) is 22.2. The number of benzene rings is 2. The topological polar surface area (TPSA) is 67.6 Å². The number of carbonyl (C=O) groups excluding carboxylic acids is 1. The zero-order valence-electron chi connectivity index (χ0n) is 17.7. The van der Waals surface area contributed by atoms with Gasteiger partial charge in [0, 0.05) is 23.5 Å². The van der Waals surface area contributed by atoms with Gasteiger partial charge in [-0.3, -0.25) is 4.79 Å². The lowest BCUT2D eigenvalue weighted by molar-refractivity contribution is -0.133. The number of nitrogens with zero attached hydrogens (tertiary/aromatic N) is 1. The maximum absolute atomic E-state index is 13.4. The SMILES string of the molecule is CC(C)c1ccc2occ(CC(=O)N(Cc3ccc(F)cc3)[C@@H]3CCS(=O)(=O)C3)c2c1. The summed E-state index contributed by atoms with van der Waals surface area (Å²) in [6.07, 6.45) is 2.14. The highest BCUT2D eigenvalue weighted by Gasteiger charge is 2.35. The molecule has 0 spiro atoms. The molecule has 5 nitrogen and oxygen atoms in total. The van der Waals surface area contributed by atoms with Crippen LogP contribution >= 0.6 is 0 Å². The highest BCUT2D eigenvalue weighted by molar-refractivity contribution is 7.91. The van der Waals surface area contributed by atoms with Crippen LogP contribution in [0.25, 0.3) is 11.0 Å². The van der Waals surface area contributed by atoms with Crippen LogP contribution in [0.3, 0.4) is 0 Å². The van der Waals surface area contributed by atoms with E-state index in [0.717, 1.165) is 27.7 Å². The van der Waals surface area contributed by atoms with Crippen LogP contribution in [0.2, 0.25) is 0 Å². The third-order valence-corrected chi connectivity index (χ3v) is 7.67. The predicted octanol–water partition coefficient (Wildman–Crippen LogP) is 4.45. The minimum absolute atomic E-state index is 0.0381. The largest absolute Gasteiger partial charge is 0.464 e. The predicted molar refractivity (Wildman–Crippen MR) is 118 cm³/mol. The summed E-state index contributed by atoms with van der Waals surface area (Å²) in [5.74, 6) is -0.123. The van der Waals surface area contributed by atoms with E-state index in [-0.39, 0.29) is 42.2 Å². The Labute approximate surface area is 181 Å². The van der Waals surface area contributed by atoms with Gasteiger partial charge in [-0.1, -0.05) is 32.0 Å². The summed E-state index contributed by atoms with van der Waals surface area (Å²) in [7, 11) is -3.16. The number of amides is 1. The van der Waals surface area contributed by atoms with Gasteiger partial charge < -0.3 is 9.32 Å². The van der Waals surface area contributed by atoms with Crippen LogP contribution in [-0.4, -0.2) is 36.8 Å². The molecule has 7 heteroatoms. The summed E-state index contributed by atoms with van der Waals surface area (Å²) in [5, 5.41) is 0.903. The molecule has 1 atom stereocenters. The van der Waals surface area contributed by atoms with E-state index in [1.807, 2.05) is 12.1 Å². The average molecular weight is 444 g/mol. The van der Waals surface area contributed by atoms with Crippen LogP contribution in [0.15, 0.2) is 53.1 Å². The van der Waals surface area contributed by atoms with Crippen molar-refractivity contribution in [1.82, 2.24) is 4.90 Å². The van der Waals surface area contributed by atoms with Gasteiger partial charge in [0.15, 0.2) is 9.84 Å². The van der Waals surface area contributed by atoms with Crippen molar-refractivity contribution in [2.75, 3.05) is 11.5 Å². The fourth-order valence-corrected chi connectivity index (χ4v) is 5.82.